The van der Waals surface area contributed by atoms with E-state index in [2.05, 4.69) is 10.3 Å². The topological polar surface area (TPSA) is 60.5 Å². The summed E-state index contributed by atoms with van der Waals surface area (Å²) in [7, 11) is 1.56. The van der Waals surface area contributed by atoms with Crippen LogP contribution in [0.3, 0.4) is 0 Å². The molecule has 1 aromatic heterocycles. The van der Waals surface area contributed by atoms with Gasteiger partial charge in [0.15, 0.2) is 21.9 Å². The van der Waals surface area contributed by atoms with E-state index in [4.69, 9.17) is 9.47 Å². The molecule has 0 aliphatic carbocycles. The first-order valence-corrected chi connectivity index (χ1v) is 10.2. The molecule has 1 amide bonds. The van der Waals surface area contributed by atoms with Crippen LogP contribution in [-0.4, -0.2) is 31.2 Å². The van der Waals surface area contributed by atoms with Crippen LogP contribution in [0.4, 0.5) is 22.7 Å². The molecule has 0 radical (unpaired) electrons. The molecular formula is C22H18F4N2O3S. The molecule has 10 heteroatoms. The van der Waals surface area contributed by atoms with Crippen molar-refractivity contribution in [2.45, 2.75) is 6.42 Å². The highest BCUT2D eigenvalue weighted by atomic mass is 32.1. The van der Waals surface area contributed by atoms with Gasteiger partial charge in [-0.1, -0.05) is 23.5 Å². The Hall–Kier alpha value is -3.24. The van der Waals surface area contributed by atoms with Gasteiger partial charge >= 0.3 is 0 Å². The number of hydrogen-bond donors (Lipinski definition) is 1. The summed E-state index contributed by atoms with van der Waals surface area (Å²) in [6.45, 7) is 0.788. The van der Waals surface area contributed by atoms with Crippen LogP contribution < -0.4 is 10.1 Å². The molecule has 1 heterocycles. The van der Waals surface area contributed by atoms with E-state index in [1.807, 2.05) is 0 Å². The van der Waals surface area contributed by atoms with Crippen molar-refractivity contribution in [1.82, 2.24) is 4.98 Å². The van der Waals surface area contributed by atoms with E-state index in [1.165, 1.54) is 24.3 Å². The summed E-state index contributed by atoms with van der Waals surface area (Å²) in [5.74, 6) is -3.66. The van der Waals surface area contributed by atoms with Crippen molar-refractivity contribution in [2.24, 2.45) is 0 Å². The second-order valence-corrected chi connectivity index (χ2v) is 7.51. The zero-order valence-corrected chi connectivity index (χ0v) is 17.6. The second kappa shape index (κ2) is 10.9. The molecule has 0 spiro atoms. The molecule has 2 aromatic carbocycles. The molecule has 0 unspecified atom stereocenters. The first-order valence-electron chi connectivity index (χ1n) is 9.38. The SMILES string of the molecule is COCCCOc1cc(/C=C/c2cc(F)cc(F)c2F)cc(C(=O)Nc2ncc(F)s2)c1. The summed E-state index contributed by atoms with van der Waals surface area (Å²) in [4.78, 5) is 16.3. The number of methoxy groups -OCH3 is 1. The molecule has 5 nitrogen and oxygen atoms in total. The van der Waals surface area contributed by atoms with E-state index in [1.54, 1.807) is 13.2 Å². The third kappa shape index (κ3) is 6.38. The smallest absolute Gasteiger partial charge is 0.257 e. The van der Waals surface area contributed by atoms with Crippen LogP contribution >= 0.6 is 11.3 Å². The van der Waals surface area contributed by atoms with E-state index in [0.29, 0.717) is 48.4 Å². The van der Waals surface area contributed by atoms with Gasteiger partial charge in [-0.3, -0.25) is 10.1 Å². The van der Waals surface area contributed by atoms with Crippen molar-refractivity contribution in [3.63, 3.8) is 0 Å². The molecule has 168 valence electrons. The maximum Gasteiger partial charge on any atom is 0.257 e. The number of benzene rings is 2. The number of thiazole rings is 1. The maximum atomic E-state index is 13.9. The van der Waals surface area contributed by atoms with E-state index < -0.39 is 28.5 Å². The monoisotopic (exact) mass is 466 g/mol. The zero-order chi connectivity index (χ0) is 23.1. The predicted octanol–water partition coefficient (Wildman–Crippen LogP) is 5.54. The first kappa shape index (κ1) is 23.4. The van der Waals surface area contributed by atoms with Gasteiger partial charge in [-0.15, -0.1) is 0 Å². The quantitative estimate of drug-likeness (QED) is 0.195. The molecule has 32 heavy (non-hydrogen) atoms. The Morgan fingerprint density at radius 3 is 2.62 bits per heavy atom. The molecule has 0 aliphatic rings. The van der Waals surface area contributed by atoms with E-state index in [0.717, 1.165) is 12.3 Å². The van der Waals surface area contributed by atoms with Gasteiger partial charge in [0.25, 0.3) is 5.91 Å². The van der Waals surface area contributed by atoms with E-state index in [9.17, 15) is 22.4 Å². The van der Waals surface area contributed by atoms with Crippen LogP contribution in [0.2, 0.25) is 0 Å². The van der Waals surface area contributed by atoms with Crippen LogP contribution in [0.1, 0.15) is 27.9 Å². The summed E-state index contributed by atoms with van der Waals surface area (Å²) in [6.07, 6.45) is 4.16. The average Bonchev–Trinajstić information content (AvgIpc) is 3.17. The van der Waals surface area contributed by atoms with Crippen molar-refractivity contribution in [3.8, 4) is 5.75 Å². The summed E-state index contributed by atoms with van der Waals surface area (Å²) in [6, 6.07) is 5.82. The number of rotatable bonds is 9. The molecule has 0 atom stereocenters. The molecule has 0 saturated heterocycles. The summed E-state index contributed by atoms with van der Waals surface area (Å²) in [5, 5.41) is 2.00. The van der Waals surface area contributed by atoms with Crippen LogP contribution in [0.15, 0.2) is 36.5 Å². The number of carbonyl (C=O) groups is 1. The normalized spacial score (nSPS) is 11.2. The fourth-order valence-corrected chi connectivity index (χ4v) is 3.23. The van der Waals surface area contributed by atoms with Crippen LogP contribution in [-0.2, 0) is 4.74 Å². The summed E-state index contributed by atoms with van der Waals surface area (Å²) >= 11 is 0.669. The van der Waals surface area contributed by atoms with Gasteiger partial charge in [-0.05, 0) is 29.8 Å². The standard InChI is InChI=1S/C22H18F4N2O3S/c1-30-5-2-6-31-17-8-13(3-4-14-9-16(23)11-18(24)20(14)26)7-15(10-17)21(29)28-22-27-12-19(25)32-22/h3-4,7-12H,2,5-6H2,1H3,(H,27,28,29)/b4-3+. The van der Waals surface area contributed by atoms with Gasteiger partial charge in [-0.2, -0.15) is 4.39 Å². The average molecular weight is 466 g/mol. The molecular weight excluding hydrogens is 448 g/mol. The summed E-state index contributed by atoms with van der Waals surface area (Å²) < 4.78 is 64.5. The van der Waals surface area contributed by atoms with Gasteiger partial charge < -0.3 is 9.47 Å². The van der Waals surface area contributed by atoms with Gasteiger partial charge in [0.05, 0.1) is 12.8 Å². The number of carbonyl (C=O) groups excluding carboxylic acids is 1. The Labute approximate surface area is 185 Å². The lowest BCUT2D eigenvalue weighted by Gasteiger charge is -2.10. The van der Waals surface area contributed by atoms with Gasteiger partial charge in [0.1, 0.15) is 11.6 Å². The summed E-state index contributed by atoms with van der Waals surface area (Å²) in [5.41, 5.74) is 0.280. The molecule has 0 aliphatic heterocycles. The molecule has 1 N–H and O–H groups in total. The molecule has 0 saturated carbocycles. The van der Waals surface area contributed by atoms with Gasteiger partial charge in [0, 0.05) is 37.3 Å². The number of amides is 1. The van der Waals surface area contributed by atoms with E-state index >= 15 is 0 Å². The molecule has 0 fully saturated rings. The lowest BCUT2D eigenvalue weighted by molar-refractivity contribution is 0.102. The van der Waals surface area contributed by atoms with Crippen LogP contribution in [0.25, 0.3) is 12.2 Å². The Morgan fingerprint density at radius 1 is 1.09 bits per heavy atom. The minimum absolute atomic E-state index is 0.0771. The molecule has 3 aromatic rings. The molecule has 0 bridgehead atoms. The van der Waals surface area contributed by atoms with Crippen molar-refractivity contribution in [2.75, 3.05) is 25.6 Å². The minimum atomic E-state index is -1.31. The predicted molar refractivity (Wildman–Crippen MR) is 114 cm³/mol. The van der Waals surface area contributed by atoms with Crippen LogP contribution in [0, 0.1) is 22.6 Å². The largest absolute Gasteiger partial charge is 0.493 e. The number of nitrogens with one attached hydrogen (secondary N) is 1. The lowest BCUT2D eigenvalue weighted by atomic mass is 10.1. The van der Waals surface area contributed by atoms with Crippen molar-refractivity contribution < 1.29 is 31.8 Å². The number of anilines is 1. The maximum absolute atomic E-state index is 13.9. The van der Waals surface area contributed by atoms with Crippen molar-refractivity contribution in [3.05, 3.63) is 75.8 Å². The van der Waals surface area contributed by atoms with Crippen molar-refractivity contribution in [1.29, 1.82) is 0 Å². The third-order valence-corrected chi connectivity index (χ3v) is 4.83. The highest BCUT2D eigenvalue weighted by Gasteiger charge is 2.13. The van der Waals surface area contributed by atoms with E-state index in [-0.39, 0.29) is 16.3 Å². The third-order valence-electron chi connectivity index (χ3n) is 4.13. The number of halogens is 4. The second-order valence-electron chi connectivity index (χ2n) is 6.53. The lowest BCUT2D eigenvalue weighted by Crippen LogP contribution is -2.12. The number of nitrogens with zero attached hydrogens (tertiary/aromatic N) is 1. The fourth-order valence-electron chi connectivity index (χ4n) is 2.69. The fraction of sp³-hybridized carbons (Fsp3) is 0.182. The zero-order valence-electron chi connectivity index (χ0n) is 16.8. The Bertz CT molecular complexity index is 1130. The number of aromatic nitrogens is 1. The van der Waals surface area contributed by atoms with Gasteiger partial charge in [0.2, 0.25) is 0 Å². The molecule has 3 rings (SSSR count). The number of ether oxygens (including phenoxy) is 2. The Morgan fingerprint density at radius 2 is 1.91 bits per heavy atom. The highest BCUT2D eigenvalue weighted by molar-refractivity contribution is 7.14. The Kier molecular flexibility index (Phi) is 7.96. The minimum Gasteiger partial charge on any atom is -0.493 e. The van der Waals surface area contributed by atoms with Gasteiger partial charge in [-0.25, -0.2) is 18.2 Å². The first-order chi connectivity index (χ1) is 15.4. The van der Waals surface area contributed by atoms with Crippen molar-refractivity contribution >= 4 is 34.5 Å². The highest BCUT2D eigenvalue weighted by Crippen LogP contribution is 2.23. The number of hydrogen-bond acceptors (Lipinski definition) is 5. The van der Waals surface area contributed by atoms with Crippen LogP contribution in [0.5, 0.6) is 5.75 Å². The Balaban J connectivity index is 1.88.